The zero-order valence-electron chi connectivity index (χ0n) is 13.7. The first-order chi connectivity index (χ1) is 11.2. The molecule has 0 spiro atoms. The maximum Gasteiger partial charge on any atom is 0.0528 e. The summed E-state index contributed by atoms with van der Waals surface area (Å²) in [6.07, 6.45) is 7.08. The van der Waals surface area contributed by atoms with Crippen LogP contribution in [0.3, 0.4) is 0 Å². The molecule has 0 aliphatic carbocycles. The summed E-state index contributed by atoms with van der Waals surface area (Å²) < 4.78 is 2.40. The van der Waals surface area contributed by atoms with Gasteiger partial charge in [-0.2, -0.15) is 0 Å². The lowest BCUT2D eigenvalue weighted by atomic mass is 10.1. The van der Waals surface area contributed by atoms with E-state index in [1.807, 2.05) is 12.4 Å². The van der Waals surface area contributed by atoms with Crippen molar-refractivity contribution in [2.24, 2.45) is 0 Å². The largest absolute Gasteiger partial charge is 0.320 e. The molecule has 0 radical (unpaired) electrons. The Morgan fingerprint density at radius 1 is 1.13 bits per heavy atom. The molecule has 0 saturated heterocycles. The number of likely N-dealkylation sites (N-methyl/N-ethyl adjacent to an activating group) is 1. The number of allylic oxidation sites excluding steroid dienone is 1. The molecule has 1 aromatic carbocycles. The SMILES string of the molecule is CC(=Cn1c2c(c3ccccc31)CN(C)CC2)c1ccncc1. The van der Waals surface area contributed by atoms with Gasteiger partial charge in [-0.15, -0.1) is 0 Å². The number of hydrogen-bond acceptors (Lipinski definition) is 2. The van der Waals surface area contributed by atoms with Gasteiger partial charge in [-0.3, -0.25) is 4.98 Å². The van der Waals surface area contributed by atoms with Gasteiger partial charge in [0.25, 0.3) is 0 Å². The Bertz CT molecular complexity index is 875. The fourth-order valence-corrected chi connectivity index (χ4v) is 3.51. The summed E-state index contributed by atoms with van der Waals surface area (Å²) in [6.45, 7) is 4.32. The lowest BCUT2D eigenvalue weighted by Crippen LogP contribution is -2.26. The lowest BCUT2D eigenvalue weighted by molar-refractivity contribution is 0.312. The first-order valence-electron chi connectivity index (χ1n) is 8.12. The maximum absolute atomic E-state index is 4.11. The van der Waals surface area contributed by atoms with Gasteiger partial charge in [-0.05, 0) is 48.9 Å². The fraction of sp³-hybridized carbons (Fsp3) is 0.250. The second-order valence-electron chi connectivity index (χ2n) is 6.35. The Hall–Kier alpha value is -2.39. The molecule has 0 bridgehead atoms. The van der Waals surface area contributed by atoms with E-state index in [2.05, 4.69) is 71.0 Å². The third-order valence-electron chi connectivity index (χ3n) is 4.74. The third kappa shape index (κ3) is 2.47. The molecule has 116 valence electrons. The molecule has 3 aromatic rings. The number of nitrogens with zero attached hydrogens (tertiary/aromatic N) is 3. The van der Waals surface area contributed by atoms with Crippen molar-refractivity contribution in [1.82, 2.24) is 14.5 Å². The van der Waals surface area contributed by atoms with Crippen LogP contribution in [0.5, 0.6) is 0 Å². The van der Waals surface area contributed by atoms with E-state index in [1.54, 1.807) is 0 Å². The second kappa shape index (κ2) is 5.67. The highest BCUT2D eigenvalue weighted by Crippen LogP contribution is 2.31. The molecule has 3 nitrogen and oxygen atoms in total. The third-order valence-corrected chi connectivity index (χ3v) is 4.74. The van der Waals surface area contributed by atoms with Gasteiger partial charge in [0.15, 0.2) is 0 Å². The van der Waals surface area contributed by atoms with Crippen molar-refractivity contribution in [3.63, 3.8) is 0 Å². The minimum Gasteiger partial charge on any atom is -0.320 e. The summed E-state index contributed by atoms with van der Waals surface area (Å²) in [5, 5.41) is 1.38. The van der Waals surface area contributed by atoms with E-state index in [-0.39, 0.29) is 0 Å². The van der Waals surface area contributed by atoms with Gasteiger partial charge in [-0.1, -0.05) is 18.2 Å². The molecule has 0 amide bonds. The van der Waals surface area contributed by atoms with E-state index >= 15 is 0 Å². The van der Waals surface area contributed by atoms with Crippen LogP contribution in [0.1, 0.15) is 23.7 Å². The standard InChI is InChI=1S/C20H21N3/c1-15(16-7-10-21-11-8-16)13-23-19-6-4-3-5-17(19)18-14-22(2)12-9-20(18)23/h3-8,10-11,13H,9,12,14H2,1-2H3. The predicted octanol–water partition coefficient (Wildman–Crippen LogP) is 4.04. The molecule has 0 saturated carbocycles. The Morgan fingerprint density at radius 2 is 1.91 bits per heavy atom. The molecule has 1 aliphatic rings. The molecule has 1 aliphatic heterocycles. The van der Waals surface area contributed by atoms with Crippen molar-refractivity contribution in [2.75, 3.05) is 13.6 Å². The summed E-state index contributed by atoms with van der Waals surface area (Å²) in [4.78, 5) is 6.52. The number of fused-ring (bicyclic) bond motifs is 3. The van der Waals surface area contributed by atoms with Gasteiger partial charge >= 0.3 is 0 Å². The normalized spacial score (nSPS) is 15.8. The highest BCUT2D eigenvalue weighted by Gasteiger charge is 2.21. The average molecular weight is 303 g/mol. The number of rotatable bonds is 2. The van der Waals surface area contributed by atoms with Crippen LogP contribution in [-0.4, -0.2) is 28.0 Å². The minimum atomic E-state index is 1.03. The highest BCUT2D eigenvalue weighted by molar-refractivity contribution is 5.89. The van der Waals surface area contributed by atoms with Crippen molar-refractivity contribution >= 4 is 22.7 Å². The van der Waals surface area contributed by atoms with Crippen LogP contribution in [-0.2, 0) is 13.0 Å². The van der Waals surface area contributed by atoms with Crippen molar-refractivity contribution in [2.45, 2.75) is 19.9 Å². The molecule has 0 N–H and O–H groups in total. The summed E-state index contributed by atoms with van der Waals surface area (Å²) in [6, 6.07) is 12.9. The number of hydrogen-bond donors (Lipinski definition) is 0. The van der Waals surface area contributed by atoms with Gasteiger partial charge in [0.05, 0.1) is 5.52 Å². The number of aromatic nitrogens is 2. The van der Waals surface area contributed by atoms with Gasteiger partial charge in [-0.25, -0.2) is 0 Å². The zero-order valence-corrected chi connectivity index (χ0v) is 13.7. The number of pyridine rings is 1. The van der Waals surface area contributed by atoms with Crippen molar-refractivity contribution in [3.8, 4) is 0 Å². The van der Waals surface area contributed by atoms with E-state index in [0.717, 1.165) is 19.5 Å². The molecule has 0 unspecified atom stereocenters. The topological polar surface area (TPSA) is 21.1 Å². The van der Waals surface area contributed by atoms with E-state index in [1.165, 1.54) is 33.3 Å². The first-order valence-corrected chi connectivity index (χ1v) is 8.12. The van der Waals surface area contributed by atoms with E-state index in [9.17, 15) is 0 Å². The molecule has 4 rings (SSSR count). The summed E-state index contributed by atoms with van der Waals surface area (Å²) >= 11 is 0. The lowest BCUT2D eigenvalue weighted by Gasteiger charge is -2.23. The van der Waals surface area contributed by atoms with Crippen LogP contribution in [0.15, 0.2) is 48.8 Å². The molecular weight excluding hydrogens is 282 g/mol. The number of benzene rings is 1. The van der Waals surface area contributed by atoms with E-state index < -0.39 is 0 Å². The Balaban J connectivity index is 1.90. The van der Waals surface area contributed by atoms with Crippen LogP contribution >= 0.6 is 0 Å². The Kier molecular flexibility index (Phi) is 3.50. The van der Waals surface area contributed by atoms with Gasteiger partial charge < -0.3 is 9.47 Å². The van der Waals surface area contributed by atoms with E-state index in [4.69, 9.17) is 0 Å². The van der Waals surface area contributed by atoms with Crippen LogP contribution in [0, 0.1) is 0 Å². The molecule has 3 heteroatoms. The molecule has 3 heterocycles. The van der Waals surface area contributed by atoms with E-state index in [0.29, 0.717) is 0 Å². The molecule has 2 aromatic heterocycles. The quantitative estimate of drug-likeness (QED) is 0.712. The summed E-state index contributed by atoms with van der Waals surface area (Å²) in [7, 11) is 2.20. The monoisotopic (exact) mass is 303 g/mol. The summed E-state index contributed by atoms with van der Waals surface area (Å²) in [5.41, 5.74) is 6.72. The van der Waals surface area contributed by atoms with Crippen molar-refractivity contribution in [1.29, 1.82) is 0 Å². The van der Waals surface area contributed by atoms with Crippen LogP contribution < -0.4 is 0 Å². The Labute approximate surface area is 136 Å². The maximum atomic E-state index is 4.11. The van der Waals surface area contributed by atoms with Crippen molar-refractivity contribution in [3.05, 3.63) is 65.6 Å². The average Bonchev–Trinajstić information content (AvgIpc) is 2.89. The van der Waals surface area contributed by atoms with Gasteiger partial charge in [0, 0.05) is 49.2 Å². The van der Waals surface area contributed by atoms with Gasteiger partial charge in [0.1, 0.15) is 0 Å². The number of para-hydroxylation sites is 1. The van der Waals surface area contributed by atoms with Crippen LogP contribution in [0.4, 0.5) is 0 Å². The smallest absolute Gasteiger partial charge is 0.0528 e. The zero-order chi connectivity index (χ0) is 15.8. The molecule has 23 heavy (non-hydrogen) atoms. The highest BCUT2D eigenvalue weighted by atomic mass is 15.1. The predicted molar refractivity (Wildman–Crippen MR) is 96.1 cm³/mol. The van der Waals surface area contributed by atoms with Gasteiger partial charge in [0.2, 0.25) is 0 Å². The first kappa shape index (κ1) is 14.2. The minimum absolute atomic E-state index is 1.03. The second-order valence-corrected chi connectivity index (χ2v) is 6.35. The van der Waals surface area contributed by atoms with Crippen LogP contribution in [0.25, 0.3) is 22.7 Å². The molecule has 0 fully saturated rings. The van der Waals surface area contributed by atoms with Crippen LogP contribution in [0.2, 0.25) is 0 Å². The Morgan fingerprint density at radius 3 is 2.74 bits per heavy atom. The molecular formula is C20H21N3. The fourth-order valence-electron chi connectivity index (χ4n) is 3.51. The summed E-state index contributed by atoms with van der Waals surface area (Å²) in [5.74, 6) is 0. The van der Waals surface area contributed by atoms with Crippen molar-refractivity contribution < 1.29 is 0 Å². The molecule has 0 atom stereocenters.